The van der Waals surface area contributed by atoms with E-state index >= 15 is 0 Å². The Kier molecular flexibility index (Phi) is 5.82. The average Bonchev–Trinajstić information content (AvgIpc) is 2.70. The maximum Gasteiger partial charge on any atom is 0.274 e. The molecule has 0 aliphatic heterocycles. The summed E-state index contributed by atoms with van der Waals surface area (Å²) in [7, 11) is 0. The van der Waals surface area contributed by atoms with Crippen LogP contribution in [0.2, 0.25) is 0 Å². The second-order valence-electron chi connectivity index (χ2n) is 6.19. The molecule has 2 aromatic carbocycles. The van der Waals surface area contributed by atoms with Crippen molar-refractivity contribution >= 4 is 23.1 Å². The number of rotatable bonds is 6. The third kappa shape index (κ3) is 4.62. The number of amides is 1. The van der Waals surface area contributed by atoms with Crippen LogP contribution in [0.5, 0.6) is 5.75 Å². The number of nitriles is 1. The molecule has 28 heavy (non-hydrogen) atoms. The lowest BCUT2D eigenvalue weighted by Gasteiger charge is -2.15. The van der Waals surface area contributed by atoms with Crippen molar-refractivity contribution in [1.82, 2.24) is 9.97 Å². The highest BCUT2D eigenvalue weighted by molar-refractivity contribution is 6.04. The summed E-state index contributed by atoms with van der Waals surface area (Å²) in [6.45, 7) is 3.89. The number of ether oxygens (including phenoxy) is 1. The first kappa shape index (κ1) is 18.9. The first-order chi connectivity index (χ1) is 13.6. The first-order valence-electron chi connectivity index (χ1n) is 8.72. The Hall–Kier alpha value is -3.92. The Balaban J connectivity index is 1.80. The van der Waals surface area contributed by atoms with E-state index in [1.165, 1.54) is 12.4 Å². The van der Waals surface area contributed by atoms with Crippen LogP contribution < -0.4 is 15.4 Å². The van der Waals surface area contributed by atoms with E-state index in [9.17, 15) is 4.79 Å². The Labute approximate surface area is 163 Å². The molecule has 1 heterocycles. The van der Waals surface area contributed by atoms with E-state index in [1.54, 1.807) is 24.3 Å². The summed E-state index contributed by atoms with van der Waals surface area (Å²) in [5, 5.41) is 15.0. The molecule has 3 rings (SSSR count). The largest absolute Gasteiger partial charge is 0.489 e. The minimum absolute atomic E-state index is 0.0230. The first-order valence-corrected chi connectivity index (χ1v) is 8.72. The van der Waals surface area contributed by atoms with Crippen LogP contribution in [0.1, 0.15) is 29.9 Å². The number of anilines is 3. The van der Waals surface area contributed by atoms with Crippen molar-refractivity contribution < 1.29 is 9.53 Å². The van der Waals surface area contributed by atoms with Crippen LogP contribution in [-0.4, -0.2) is 22.0 Å². The topological polar surface area (TPSA) is 99.9 Å². The quantitative estimate of drug-likeness (QED) is 0.674. The predicted octanol–water partition coefficient (Wildman–Crippen LogP) is 4.13. The van der Waals surface area contributed by atoms with E-state index in [-0.39, 0.29) is 11.8 Å². The van der Waals surface area contributed by atoms with Crippen LogP contribution >= 0.6 is 0 Å². The number of nitrogens with zero attached hydrogens (tertiary/aromatic N) is 3. The number of hydrogen-bond acceptors (Lipinski definition) is 6. The normalized spacial score (nSPS) is 10.2. The molecule has 7 nitrogen and oxygen atoms in total. The molecule has 0 radical (unpaired) electrons. The molecule has 140 valence electrons. The molecule has 0 aliphatic rings. The maximum absolute atomic E-state index is 12.5. The van der Waals surface area contributed by atoms with Gasteiger partial charge in [-0.3, -0.25) is 4.79 Å². The van der Waals surface area contributed by atoms with Crippen molar-refractivity contribution in [2.45, 2.75) is 20.0 Å². The van der Waals surface area contributed by atoms with Crippen LogP contribution in [0.15, 0.2) is 60.9 Å². The number of hydrogen-bond donors (Lipinski definition) is 2. The molecule has 1 aromatic heterocycles. The van der Waals surface area contributed by atoms with E-state index in [0.29, 0.717) is 22.8 Å². The minimum Gasteiger partial charge on any atom is -0.489 e. The smallest absolute Gasteiger partial charge is 0.274 e. The van der Waals surface area contributed by atoms with Gasteiger partial charge in [-0.2, -0.15) is 5.26 Å². The zero-order chi connectivity index (χ0) is 19.9. The molecule has 0 saturated heterocycles. The Morgan fingerprint density at radius 1 is 1.07 bits per heavy atom. The van der Waals surface area contributed by atoms with Crippen molar-refractivity contribution in [2.75, 3.05) is 10.6 Å². The zero-order valence-electron chi connectivity index (χ0n) is 15.5. The molecular weight excluding hydrogens is 354 g/mol. The zero-order valence-corrected chi connectivity index (χ0v) is 15.5. The minimum atomic E-state index is -0.431. The number of nitrogens with one attached hydrogen (secondary N) is 2. The highest BCUT2D eigenvalue weighted by atomic mass is 16.5. The predicted molar refractivity (Wildman–Crippen MR) is 107 cm³/mol. The van der Waals surface area contributed by atoms with Crippen molar-refractivity contribution in [3.8, 4) is 11.8 Å². The van der Waals surface area contributed by atoms with Crippen molar-refractivity contribution in [1.29, 1.82) is 5.26 Å². The van der Waals surface area contributed by atoms with Crippen LogP contribution in [0.25, 0.3) is 0 Å². The molecule has 3 aromatic rings. The van der Waals surface area contributed by atoms with Crippen molar-refractivity contribution in [3.05, 3.63) is 72.2 Å². The third-order valence-electron chi connectivity index (χ3n) is 3.71. The summed E-state index contributed by atoms with van der Waals surface area (Å²) in [6.07, 6.45) is 1.33. The molecule has 0 aliphatic carbocycles. The SMILES string of the molecule is CC(C)Oc1ccccc1Nc1cc(C(=O)Nc2ccccc2C#N)ncn1. The molecule has 0 unspecified atom stereocenters. The lowest BCUT2D eigenvalue weighted by molar-refractivity contribution is 0.102. The molecule has 0 spiro atoms. The fraction of sp³-hybridized carbons (Fsp3) is 0.143. The van der Waals surface area contributed by atoms with Crippen molar-refractivity contribution in [2.24, 2.45) is 0 Å². The monoisotopic (exact) mass is 373 g/mol. The Bertz CT molecular complexity index is 1030. The molecule has 1 amide bonds. The van der Waals surface area contributed by atoms with E-state index < -0.39 is 5.91 Å². The molecule has 2 N–H and O–H groups in total. The lowest BCUT2D eigenvalue weighted by Crippen LogP contribution is -2.15. The molecular formula is C21H19N5O2. The third-order valence-corrected chi connectivity index (χ3v) is 3.71. The number of para-hydroxylation sites is 3. The van der Waals surface area contributed by atoms with Gasteiger partial charge < -0.3 is 15.4 Å². The summed E-state index contributed by atoms with van der Waals surface area (Å²) in [4.78, 5) is 20.7. The molecule has 0 saturated carbocycles. The molecule has 0 bridgehead atoms. The van der Waals surface area contributed by atoms with Gasteiger partial charge in [0.2, 0.25) is 0 Å². The van der Waals surface area contributed by atoms with Gasteiger partial charge in [0.05, 0.1) is 23.0 Å². The van der Waals surface area contributed by atoms with Gasteiger partial charge in [0.25, 0.3) is 5.91 Å². The number of benzene rings is 2. The highest BCUT2D eigenvalue weighted by Crippen LogP contribution is 2.27. The molecule has 0 atom stereocenters. The van der Waals surface area contributed by atoms with Gasteiger partial charge in [0, 0.05) is 6.07 Å². The van der Waals surface area contributed by atoms with Crippen LogP contribution in [-0.2, 0) is 0 Å². The van der Waals surface area contributed by atoms with E-state index in [0.717, 1.165) is 5.69 Å². The van der Waals surface area contributed by atoms with Gasteiger partial charge in [-0.1, -0.05) is 24.3 Å². The molecule has 7 heteroatoms. The fourth-order valence-corrected chi connectivity index (χ4v) is 2.49. The summed E-state index contributed by atoms with van der Waals surface area (Å²) in [5.41, 5.74) is 1.71. The summed E-state index contributed by atoms with van der Waals surface area (Å²) >= 11 is 0. The van der Waals surface area contributed by atoms with E-state index in [2.05, 4.69) is 20.6 Å². The molecule has 0 fully saturated rings. The summed E-state index contributed by atoms with van der Waals surface area (Å²) < 4.78 is 5.78. The maximum atomic E-state index is 12.5. The summed E-state index contributed by atoms with van der Waals surface area (Å²) in [6, 6.07) is 17.8. The van der Waals surface area contributed by atoms with Crippen molar-refractivity contribution in [3.63, 3.8) is 0 Å². The average molecular weight is 373 g/mol. The number of aromatic nitrogens is 2. The lowest BCUT2D eigenvalue weighted by atomic mass is 10.2. The van der Waals surface area contributed by atoms with E-state index in [1.807, 2.05) is 44.2 Å². The Morgan fingerprint density at radius 3 is 2.54 bits per heavy atom. The van der Waals surface area contributed by atoms with Crippen LogP contribution in [0.3, 0.4) is 0 Å². The van der Waals surface area contributed by atoms with Crippen LogP contribution in [0.4, 0.5) is 17.2 Å². The standard InChI is InChI=1S/C21H19N5O2/c1-14(2)28-19-10-6-5-9-17(19)25-20-11-18(23-13-24-20)21(27)26-16-8-4-3-7-15(16)12-22/h3-11,13-14H,1-2H3,(H,26,27)(H,23,24,25). The van der Waals surface area contributed by atoms with E-state index in [4.69, 9.17) is 10.00 Å². The van der Waals surface area contributed by atoms with Gasteiger partial charge in [-0.15, -0.1) is 0 Å². The Morgan fingerprint density at radius 2 is 1.79 bits per heavy atom. The summed E-state index contributed by atoms with van der Waals surface area (Å²) in [5.74, 6) is 0.707. The van der Waals surface area contributed by atoms with Gasteiger partial charge in [-0.25, -0.2) is 9.97 Å². The number of carbonyl (C=O) groups excluding carboxylic acids is 1. The van der Waals surface area contributed by atoms with Gasteiger partial charge >= 0.3 is 0 Å². The van der Waals surface area contributed by atoms with Gasteiger partial charge in [0.15, 0.2) is 0 Å². The second-order valence-corrected chi connectivity index (χ2v) is 6.19. The van der Waals surface area contributed by atoms with Gasteiger partial charge in [-0.05, 0) is 38.1 Å². The van der Waals surface area contributed by atoms with Crippen LogP contribution in [0, 0.1) is 11.3 Å². The highest BCUT2D eigenvalue weighted by Gasteiger charge is 2.12. The van der Waals surface area contributed by atoms with Gasteiger partial charge in [0.1, 0.15) is 29.7 Å². The number of carbonyl (C=O) groups is 1. The fourth-order valence-electron chi connectivity index (χ4n) is 2.49. The second kappa shape index (κ2) is 8.64.